The highest BCUT2D eigenvalue weighted by molar-refractivity contribution is 7.92. The molecule has 1 heterocycles. The molecule has 0 saturated heterocycles. The van der Waals surface area contributed by atoms with Gasteiger partial charge in [-0.2, -0.15) is 0 Å². The molecule has 1 amide bonds. The van der Waals surface area contributed by atoms with Gasteiger partial charge in [-0.1, -0.05) is 42.0 Å². The summed E-state index contributed by atoms with van der Waals surface area (Å²) in [5.74, 6) is -0.243. The molecule has 4 rings (SSSR count). The van der Waals surface area contributed by atoms with Crippen molar-refractivity contribution in [3.8, 4) is 5.75 Å². The Kier molecular flexibility index (Phi) is 7.17. The van der Waals surface area contributed by atoms with Crippen LogP contribution in [-0.2, 0) is 23.1 Å². The fraction of sp³-hybridized carbons (Fsp3) is 0.154. The number of benzene rings is 3. The van der Waals surface area contributed by atoms with E-state index in [0.717, 1.165) is 16.7 Å². The summed E-state index contributed by atoms with van der Waals surface area (Å²) in [7, 11) is -2.60. The minimum atomic E-state index is -3.99. The van der Waals surface area contributed by atoms with Crippen molar-refractivity contribution in [2.24, 2.45) is 0 Å². The predicted molar refractivity (Wildman–Crippen MR) is 134 cm³/mol. The van der Waals surface area contributed by atoms with Gasteiger partial charge in [0.25, 0.3) is 15.9 Å². The Morgan fingerprint density at radius 2 is 1.80 bits per heavy atom. The molecular formula is C26H26N4O4S. The van der Waals surface area contributed by atoms with Crippen molar-refractivity contribution in [1.82, 2.24) is 14.9 Å². The summed E-state index contributed by atoms with van der Waals surface area (Å²) >= 11 is 0. The zero-order chi connectivity index (χ0) is 24.8. The molecule has 3 aromatic carbocycles. The highest BCUT2D eigenvalue weighted by Crippen LogP contribution is 2.27. The van der Waals surface area contributed by atoms with Crippen molar-refractivity contribution in [2.45, 2.75) is 24.9 Å². The highest BCUT2D eigenvalue weighted by Gasteiger charge is 2.22. The molecule has 180 valence electrons. The first kappa shape index (κ1) is 24.0. The maximum absolute atomic E-state index is 13.1. The number of carbonyl (C=O) groups excluding carboxylic acids is 1. The molecular weight excluding hydrogens is 464 g/mol. The number of carbonyl (C=O) groups is 1. The molecule has 0 atom stereocenters. The van der Waals surface area contributed by atoms with Crippen molar-refractivity contribution >= 4 is 21.6 Å². The van der Waals surface area contributed by atoms with Gasteiger partial charge >= 0.3 is 0 Å². The molecule has 9 heteroatoms. The first-order chi connectivity index (χ1) is 16.8. The van der Waals surface area contributed by atoms with Crippen LogP contribution in [0.5, 0.6) is 5.75 Å². The van der Waals surface area contributed by atoms with Crippen LogP contribution >= 0.6 is 0 Å². The molecule has 0 unspecified atom stereocenters. The first-order valence-corrected chi connectivity index (χ1v) is 12.4. The second-order valence-electron chi connectivity index (χ2n) is 8.07. The molecule has 8 nitrogen and oxygen atoms in total. The zero-order valence-corrected chi connectivity index (χ0v) is 20.2. The minimum absolute atomic E-state index is 0.115. The smallest absolute Gasteiger partial charge is 0.265 e. The maximum Gasteiger partial charge on any atom is 0.265 e. The fourth-order valence-corrected chi connectivity index (χ4v) is 4.83. The van der Waals surface area contributed by atoms with E-state index in [1.165, 1.54) is 25.3 Å². The standard InChI is InChI=1S/C26H26N4O4S/c1-19-6-9-23(10-7-19)29-35(32,33)25-15-22(8-11-24(25)34-2)26(31)28-16-20-4-3-5-21(14-20)17-30-13-12-27-18-30/h3-15,18,29H,16-17H2,1-2H3,(H,28,31). The SMILES string of the molecule is COc1ccc(C(=O)NCc2cccc(Cn3ccnc3)c2)cc1S(=O)(=O)Nc1ccc(C)cc1. The van der Waals surface area contributed by atoms with Crippen LogP contribution in [0.1, 0.15) is 27.0 Å². The number of sulfonamides is 1. The molecule has 4 aromatic rings. The van der Waals surface area contributed by atoms with Gasteiger partial charge in [-0.15, -0.1) is 0 Å². The Balaban J connectivity index is 1.48. The summed E-state index contributed by atoms with van der Waals surface area (Å²) in [6.45, 7) is 2.89. The van der Waals surface area contributed by atoms with Crippen LogP contribution in [0.25, 0.3) is 0 Å². The van der Waals surface area contributed by atoms with Crippen LogP contribution in [0.4, 0.5) is 5.69 Å². The lowest BCUT2D eigenvalue weighted by atomic mass is 10.1. The Hall–Kier alpha value is -4.11. The third-order valence-electron chi connectivity index (χ3n) is 5.39. The van der Waals surface area contributed by atoms with Crippen LogP contribution in [0.3, 0.4) is 0 Å². The average Bonchev–Trinajstić information content (AvgIpc) is 3.36. The van der Waals surface area contributed by atoms with Crippen molar-refractivity contribution in [1.29, 1.82) is 0 Å². The number of aromatic nitrogens is 2. The Morgan fingerprint density at radius 1 is 1.03 bits per heavy atom. The quantitative estimate of drug-likeness (QED) is 0.370. The lowest BCUT2D eigenvalue weighted by molar-refractivity contribution is 0.0950. The van der Waals surface area contributed by atoms with E-state index in [4.69, 9.17) is 4.74 Å². The number of hydrogen-bond acceptors (Lipinski definition) is 5. The number of rotatable bonds is 9. The highest BCUT2D eigenvalue weighted by atomic mass is 32.2. The number of methoxy groups -OCH3 is 1. The van der Waals surface area contributed by atoms with E-state index < -0.39 is 10.0 Å². The molecule has 0 spiro atoms. The van der Waals surface area contributed by atoms with Crippen LogP contribution in [0.15, 0.2) is 90.3 Å². The van der Waals surface area contributed by atoms with Crippen molar-refractivity contribution in [2.75, 3.05) is 11.8 Å². The van der Waals surface area contributed by atoms with E-state index in [2.05, 4.69) is 15.0 Å². The van der Waals surface area contributed by atoms with Crippen LogP contribution in [-0.4, -0.2) is 31.0 Å². The van der Waals surface area contributed by atoms with Crippen LogP contribution in [0, 0.1) is 6.92 Å². The van der Waals surface area contributed by atoms with Crippen molar-refractivity contribution in [3.05, 3.63) is 108 Å². The molecule has 1 aromatic heterocycles. The van der Waals surface area contributed by atoms with E-state index >= 15 is 0 Å². The third kappa shape index (κ3) is 6.07. The van der Waals surface area contributed by atoms with E-state index in [0.29, 0.717) is 18.8 Å². The lowest BCUT2D eigenvalue weighted by Crippen LogP contribution is -2.23. The van der Waals surface area contributed by atoms with E-state index in [9.17, 15) is 13.2 Å². The fourth-order valence-electron chi connectivity index (χ4n) is 3.57. The topological polar surface area (TPSA) is 102 Å². The number of anilines is 1. The van der Waals surface area contributed by atoms with Crippen molar-refractivity contribution < 1.29 is 17.9 Å². The molecule has 0 fully saturated rings. The number of ether oxygens (including phenoxy) is 1. The second kappa shape index (κ2) is 10.4. The molecule has 2 N–H and O–H groups in total. The van der Waals surface area contributed by atoms with Crippen LogP contribution in [0.2, 0.25) is 0 Å². The molecule has 0 aliphatic carbocycles. The van der Waals surface area contributed by atoms with Gasteiger partial charge in [-0.25, -0.2) is 13.4 Å². The summed E-state index contributed by atoms with van der Waals surface area (Å²) in [6, 6.07) is 19.2. The average molecular weight is 491 g/mol. The van der Waals surface area contributed by atoms with E-state index in [1.807, 2.05) is 54.1 Å². The molecule has 0 aliphatic rings. The van der Waals surface area contributed by atoms with Crippen LogP contribution < -0.4 is 14.8 Å². The molecule has 0 saturated carbocycles. The zero-order valence-electron chi connectivity index (χ0n) is 19.4. The number of imidazole rings is 1. The molecule has 0 aliphatic heterocycles. The predicted octanol–water partition coefficient (Wildman–Crippen LogP) is 3.98. The number of nitrogens with one attached hydrogen (secondary N) is 2. The van der Waals surface area contributed by atoms with Gasteiger partial charge in [-0.05, 0) is 48.4 Å². The maximum atomic E-state index is 13.1. The summed E-state index contributed by atoms with van der Waals surface area (Å²) in [5.41, 5.74) is 3.65. The first-order valence-electron chi connectivity index (χ1n) is 10.9. The van der Waals surface area contributed by atoms with Gasteiger partial charge in [-0.3, -0.25) is 9.52 Å². The number of nitrogens with zero attached hydrogens (tertiary/aromatic N) is 2. The van der Waals surface area contributed by atoms with Gasteiger partial charge in [0.1, 0.15) is 10.6 Å². The van der Waals surface area contributed by atoms with Gasteiger partial charge in [0, 0.05) is 36.7 Å². The van der Waals surface area contributed by atoms with Gasteiger partial charge < -0.3 is 14.6 Å². The van der Waals surface area contributed by atoms with E-state index in [1.54, 1.807) is 24.7 Å². The Morgan fingerprint density at radius 3 is 2.51 bits per heavy atom. The summed E-state index contributed by atoms with van der Waals surface area (Å²) in [4.78, 5) is 16.8. The molecule has 0 radical (unpaired) electrons. The number of aryl methyl sites for hydroxylation is 1. The summed E-state index contributed by atoms with van der Waals surface area (Å²) in [5, 5.41) is 2.86. The molecule has 35 heavy (non-hydrogen) atoms. The molecule has 0 bridgehead atoms. The normalized spacial score (nSPS) is 11.1. The number of amides is 1. The monoisotopic (exact) mass is 490 g/mol. The Bertz CT molecular complexity index is 1420. The van der Waals surface area contributed by atoms with Gasteiger partial charge in [0.15, 0.2) is 0 Å². The largest absolute Gasteiger partial charge is 0.495 e. The van der Waals surface area contributed by atoms with Crippen molar-refractivity contribution in [3.63, 3.8) is 0 Å². The number of hydrogen-bond donors (Lipinski definition) is 2. The summed E-state index contributed by atoms with van der Waals surface area (Å²) in [6.07, 6.45) is 5.36. The van der Waals surface area contributed by atoms with Gasteiger partial charge in [0.05, 0.1) is 13.4 Å². The minimum Gasteiger partial charge on any atom is -0.495 e. The second-order valence-corrected chi connectivity index (χ2v) is 9.73. The summed E-state index contributed by atoms with van der Waals surface area (Å²) < 4.78 is 35.9. The third-order valence-corrected chi connectivity index (χ3v) is 6.79. The Labute approximate surface area is 204 Å². The van der Waals surface area contributed by atoms with Gasteiger partial charge in [0.2, 0.25) is 0 Å². The van der Waals surface area contributed by atoms with E-state index in [-0.39, 0.29) is 22.1 Å². The lowest BCUT2D eigenvalue weighted by Gasteiger charge is -2.14.